The van der Waals surface area contributed by atoms with Gasteiger partial charge in [0.1, 0.15) is 5.58 Å². The predicted octanol–water partition coefficient (Wildman–Crippen LogP) is 3.78. The van der Waals surface area contributed by atoms with Crippen molar-refractivity contribution in [2.24, 2.45) is 5.92 Å². The van der Waals surface area contributed by atoms with Gasteiger partial charge in [0.25, 0.3) is 5.91 Å². The Hall–Kier alpha value is -2.34. The van der Waals surface area contributed by atoms with Crippen molar-refractivity contribution in [2.45, 2.75) is 44.6 Å². The van der Waals surface area contributed by atoms with Crippen LogP contribution in [0.5, 0.6) is 0 Å². The molecule has 1 amide bonds. The number of nitrogens with zero attached hydrogens (tertiary/aromatic N) is 1. The van der Waals surface area contributed by atoms with Crippen LogP contribution in [0.3, 0.4) is 0 Å². The first-order valence-electron chi connectivity index (χ1n) is 9.73. The maximum absolute atomic E-state index is 12.6. The molecule has 6 nitrogen and oxygen atoms in total. The standard InChI is InChI=1S/C21H22ClNO5/c22-14-7-8-18-15(10-14)17(24)11-19(28-18)21(26)27-12-20(25)23-9-3-5-13-4-1-2-6-16(13)23/h7-8,10-11,13,16H,1-6,9,12H2/t13-,16-/m0/s1. The maximum atomic E-state index is 12.6. The summed E-state index contributed by atoms with van der Waals surface area (Å²) in [5, 5.41) is 0.694. The summed E-state index contributed by atoms with van der Waals surface area (Å²) < 4.78 is 10.6. The van der Waals surface area contributed by atoms with Gasteiger partial charge in [0.05, 0.1) is 5.39 Å². The fraction of sp³-hybridized carbons (Fsp3) is 0.476. The lowest BCUT2D eigenvalue weighted by Gasteiger charge is -2.44. The van der Waals surface area contributed by atoms with Gasteiger partial charge in [-0.15, -0.1) is 0 Å². The molecule has 0 spiro atoms. The quantitative estimate of drug-likeness (QED) is 0.729. The first kappa shape index (κ1) is 19.0. The number of halogens is 1. The molecule has 2 atom stereocenters. The molecule has 0 N–H and O–H groups in total. The fourth-order valence-corrected chi connectivity index (χ4v) is 4.62. The van der Waals surface area contributed by atoms with Gasteiger partial charge in [-0.3, -0.25) is 9.59 Å². The highest BCUT2D eigenvalue weighted by atomic mass is 35.5. The van der Waals surface area contributed by atoms with Gasteiger partial charge in [-0.05, 0) is 49.8 Å². The summed E-state index contributed by atoms with van der Waals surface area (Å²) in [6.45, 7) is 0.369. The molecule has 7 heteroatoms. The molecular formula is C21H22ClNO5. The smallest absolute Gasteiger partial charge is 0.374 e. The molecule has 148 valence electrons. The molecule has 1 saturated heterocycles. The number of amides is 1. The number of esters is 1. The van der Waals surface area contributed by atoms with Gasteiger partial charge in [-0.2, -0.15) is 0 Å². The highest BCUT2D eigenvalue weighted by Crippen LogP contribution is 2.35. The van der Waals surface area contributed by atoms with Crippen LogP contribution >= 0.6 is 11.6 Å². The Kier molecular flexibility index (Phi) is 5.40. The molecule has 4 rings (SSSR count). The molecule has 28 heavy (non-hydrogen) atoms. The average Bonchev–Trinajstić information content (AvgIpc) is 2.71. The largest absolute Gasteiger partial charge is 0.450 e. The minimum atomic E-state index is -0.820. The van der Waals surface area contributed by atoms with Crippen LogP contribution in [-0.2, 0) is 9.53 Å². The molecule has 1 saturated carbocycles. The number of carbonyl (C=O) groups excluding carboxylic acids is 2. The Balaban J connectivity index is 1.44. The van der Waals surface area contributed by atoms with Crippen molar-refractivity contribution in [1.82, 2.24) is 4.90 Å². The lowest BCUT2D eigenvalue weighted by atomic mass is 9.78. The molecule has 2 aliphatic rings. The van der Waals surface area contributed by atoms with E-state index in [2.05, 4.69) is 0 Å². The Labute approximate surface area is 167 Å². The number of rotatable bonds is 3. The second-order valence-corrected chi connectivity index (χ2v) is 7.97. The average molecular weight is 404 g/mol. The molecule has 0 radical (unpaired) electrons. The Bertz CT molecular complexity index is 967. The summed E-state index contributed by atoms with van der Waals surface area (Å²) >= 11 is 5.89. The van der Waals surface area contributed by atoms with Crippen LogP contribution in [-0.4, -0.2) is 36.0 Å². The number of hydrogen-bond acceptors (Lipinski definition) is 5. The molecule has 1 aromatic heterocycles. The Morgan fingerprint density at radius 3 is 2.79 bits per heavy atom. The van der Waals surface area contributed by atoms with Crippen molar-refractivity contribution in [1.29, 1.82) is 0 Å². The van der Waals surface area contributed by atoms with E-state index in [0.717, 1.165) is 25.3 Å². The lowest BCUT2D eigenvalue weighted by molar-refractivity contribution is -0.140. The SMILES string of the molecule is O=C(OCC(=O)N1CCC[C@@H]2CCCC[C@@H]21)c1cc(=O)c2cc(Cl)ccc2o1. The molecule has 1 aliphatic carbocycles. The van der Waals surface area contributed by atoms with Crippen molar-refractivity contribution in [2.75, 3.05) is 13.2 Å². The fourth-order valence-electron chi connectivity index (χ4n) is 4.44. The Morgan fingerprint density at radius 2 is 1.93 bits per heavy atom. The van der Waals surface area contributed by atoms with Crippen LogP contribution in [0, 0.1) is 5.92 Å². The maximum Gasteiger partial charge on any atom is 0.374 e. The van der Waals surface area contributed by atoms with Crippen LogP contribution in [0.25, 0.3) is 11.0 Å². The van der Waals surface area contributed by atoms with Gasteiger partial charge in [-0.25, -0.2) is 4.79 Å². The van der Waals surface area contributed by atoms with Crippen molar-refractivity contribution in [3.05, 3.63) is 45.3 Å². The second kappa shape index (κ2) is 7.95. The van der Waals surface area contributed by atoms with Gasteiger partial charge < -0.3 is 14.1 Å². The predicted molar refractivity (Wildman–Crippen MR) is 104 cm³/mol. The van der Waals surface area contributed by atoms with E-state index in [1.54, 1.807) is 6.07 Å². The first-order valence-corrected chi connectivity index (χ1v) is 10.1. The van der Waals surface area contributed by atoms with Gasteiger partial charge in [0, 0.05) is 23.7 Å². The zero-order valence-corrected chi connectivity index (χ0v) is 16.2. The molecule has 0 bridgehead atoms. The lowest BCUT2D eigenvalue weighted by Crippen LogP contribution is -2.50. The van der Waals surface area contributed by atoms with Gasteiger partial charge in [0.2, 0.25) is 5.76 Å². The van der Waals surface area contributed by atoms with E-state index in [1.807, 2.05) is 4.90 Å². The number of benzene rings is 1. The van der Waals surface area contributed by atoms with E-state index >= 15 is 0 Å². The van der Waals surface area contributed by atoms with Crippen LogP contribution in [0.2, 0.25) is 5.02 Å². The third kappa shape index (κ3) is 3.78. The number of likely N-dealkylation sites (tertiary alicyclic amines) is 1. The van der Waals surface area contributed by atoms with Crippen molar-refractivity contribution in [3.8, 4) is 0 Å². The third-order valence-corrected chi connectivity index (χ3v) is 6.02. The molecule has 0 unspecified atom stereocenters. The number of carbonyl (C=O) groups is 2. The monoisotopic (exact) mass is 403 g/mol. The van der Waals surface area contributed by atoms with Crippen LogP contribution in [0.4, 0.5) is 0 Å². The summed E-state index contributed by atoms with van der Waals surface area (Å²) in [4.78, 5) is 39.0. The number of ether oxygens (including phenoxy) is 1. The number of hydrogen-bond donors (Lipinski definition) is 0. The van der Waals surface area contributed by atoms with E-state index in [4.69, 9.17) is 20.8 Å². The van der Waals surface area contributed by atoms with E-state index in [-0.39, 0.29) is 40.7 Å². The number of fused-ring (bicyclic) bond motifs is 2. The number of piperidine rings is 1. The van der Waals surface area contributed by atoms with Gasteiger partial charge in [0.15, 0.2) is 12.0 Å². The van der Waals surface area contributed by atoms with E-state index in [1.165, 1.54) is 31.4 Å². The van der Waals surface area contributed by atoms with E-state index < -0.39 is 5.97 Å². The molecule has 1 aromatic carbocycles. The minimum absolute atomic E-state index is 0.181. The summed E-state index contributed by atoms with van der Waals surface area (Å²) in [7, 11) is 0. The van der Waals surface area contributed by atoms with Crippen LogP contribution in [0.1, 0.15) is 49.1 Å². The van der Waals surface area contributed by atoms with Gasteiger partial charge >= 0.3 is 5.97 Å². The third-order valence-electron chi connectivity index (χ3n) is 5.78. The van der Waals surface area contributed by atoms with E-state index in [0.29, 0.717) is 17.5 Å². The highest BCUT2D eigenvalue weighted by Gasteiger charge is 2.35. The van der Waals surface area contributed by atoms with Gasteiger partial charge in [-0.1, -0.05) is 24.4 Å². The topological polar surface area (TPSA) is 76.8 Å². The van der Waals surface area contributed by atoms with Crippen molar-refractivity contribution >= 4 is 34.4 Å². The molecule has 2 aromatic rings. The summed E-state index contributed by atoms with van der Waals surface area (Å²) in [6, 6.07) is 5.92. The summed E-state index contributed by atoms with van der Waals surface area (Å²) in [5.74, 6) is -0.659. The van der Waals surface area contributed by atoms with Crippen LogP contribution < -0.4 is 5.43 Å². The molecule has 2 heterocycles. The molecule has 2 fully saturated rings. The normalized spacial score (nSPS) is 22.0. The molecule has 1 aliphatic heterocycles. The summed E-state index contributed by atoms with van der Waals surface area (Å²) in [5.41, 5.74) is -0.139. The van der Waals surface area contributed by atoms with E-state index in [9.17, 15) is 14.4 Å². The zero-order valence-electron chi connectivity index (χ0n) is 15.5. The van der Waals surface area contributed by atoms with Crippen molar-refractivity contribution < 1.29 is 18.7 Å². The van der Waals surface area contributed by atoms with Crippen molar-refractivity contribution in [3.63, 3.8) is 0 Å². The van der Waals surface area contributed by atoms with Crippen LogP contribution in [0.15, 0.2) is 33.5 Å². The first-order chi connectivity index (χ1) is 13.5. The Morgan fingerprint density at radius 1 is 1.14 bits per heavy atom. The molecular weight excluding hydrogens is 382 g/mol. The summed E-state index contributed by atoms with van der Waals surface area (Å²) in [6.07, 6.45) is 6.71. The highest BCUT2D eigenvalue weighted by molar-refractivity contribution is 6.31. The minimum Gasteiger partial charge on any atom is -0.450 e. The second-order valence-electron chi connectivity index (χ2n) is 7.53. The zero-order chi connectivity index (χ0) is 19.7.